The molecule has 0 saturated carbocycles. The molecule has 0 spiro atoms. The number of nitro groups is 1. The number of hydrazine groups is 1. The maximum Gasteiger partial charge on any atom is 0.311 e. The minimum Gasteiger partial charge on any atom is -0.490 e. The van der Waals surface area contributed by atoms with Crippen LogP contribution in [0.15, 0.2) is 66.7 Å². The largest absolute Gasteiger partial charge is 0.490 e. The third-order valence-corrected chi connectivity index (χ3v) is 4.96. The topological polar surface area (TPSA) is 156 Å². The van der Waals surface area contributed by atoms with E-state index in [1.165, 1.54) is 19.2 Å². The van der Waals surface area contributed by atoms with E-state index in [2.05, 4.69) is 22.2 Å². The minimum atomic E-state index is -0.717. The van der Waals surface area contributed by atoms with Gasteiger partial charge < -0.3 is 9.47 Å². The van der Waals surface area contributed by atoms with E-state index in [1.54, 1.807) is 24.3 Å². The summed E-state index contributed by atoms with van der Waals surface area (Å²) in [4.78, 5) is 34.8. The molecule has 3 aromatic rings. The molecule has 3 aromatic carbocycles. The normalized spacial score (nSPS) is 9.89. The van der Waals surface area contributed by atoms with Crippen molar-refractivity contribution in [3.8, 4) is 28.7 Å². The predicted octanol–water partition coefficient (Wildman–Crippen LogP) is 2.86. The lowest BCUT2D eigenvalue weighted by molar-refractivity contribution is -0.385. The van der Waals surface area contributed by atoms with Gasteiger partial charge in [-0.1, -0.05) is 24.3 Å². The highest BCUT2D eigenvalue weighted by Gasteiger charge is 2.18. The van der Waals surface area contributed by atoms with Crippen LogP contribution in [0.4, 0.5) is 5.69 Å². The minimum absolute atomic E-state index is 0.00779. The van der Waals surface area contributed by atoms with Crippen LogP contribution in [0.25, 0.3) is 11.1 Å². The SMILES string of the molecule is COc1ccc(C(=O)NC(=S)NNC(=O)COc2ccc(-c3ccc(C#N)cc3)cc2)cc1[N+](=O)[O-]. The molecule has 0 aromatic heterocycles. The first kappa shape index (κ1) is 25.6. The summed E-state index contributed by atoms with van der Waals surface area (Å²) in [7, 11) is 1.28. The number of carbonyl (C=O) groups excluding carboxylic acids is 2. The number of methoxy groups -OCH3 is 1. The number of nitrogens with one attached hydrogen (secondary N) is 3. The Labute approximate surface area is 210 Å². The van der Waals surface area contributed by atoms with E-state index in [0.29, 0.717) is 11.3 Å². The van der Waals surface area contributed by atoms with Crippen LogP contribution >= 0.6 is 12.2 Å². The lowest BCUT2D eigenvalue weighted by Gasteiger charge is -2.12. The number of hydrogen-bond acceptors (Lipinski definition) is 8. The first-order valence-corrected chi connectivity index (χ1v) is 10.7. The van der Waals surface area contributed by atoms with Crippen LogP contribution in [0.1, 0.15) is 15.9 Å². The molecule has 11 nitrogen and oxygen atoms in total. The molecule has 3 rings (SSSR count). The van der Waals surface area contributed by atoms with Crippen molar-refractivity contribution in [1.29, 1.82) is 5.26 Å². The maximum atomic E-state index is 12.3. The summed E-state index contributed by atoms with van der Waals surface area (Å²) in [5.41, 5.74) is 6.66. The second-order valence-corrected chi connectivity index (χ2v) is 7.51. The van der Waals surface area contributed by atoms with Gasteiger partial charge in [0.1, 0.15) is 5.75 Å². The molecule has 36 heavy (non-hydrogen) atoms. The molecule has 2 amide bonds. The molecule has 0 aliphatic rings. The van der Waals surface area contributed by atoms with Crippen molar-refractivity contribution in [1.82, 2.24) is 16.2 Å². The molecule has 0 aliphatic carbocycles. The highest BCUT2D eigenvalue weighted by Crippen LogP contribution is 2.27. The molecule has 0 saturated heterocycles. The van der Waals surface area contributed by atoms with Gasteiger partial charge in [-0.2, -0.15) is 5.26 Å². The summed E-state index contributed by atoms with van der Waals surface area (Å²) in [5.74, 6) is -0.818. The van der Waals surface area contributed by atoms with Gasteiger partial charge in [-0.15, -0.1) is 0 Å². The van der Waals surface area contributed by atoms with E-state index in [0.717, 1.165) is 17.2 Å². The molecule has 0 fully saturated rings. The number of benzene rings is 3. The van der Waals surface area contributed by atoms with Gasteiger partial charge in [-0.25, -0.2) is 0 Å². The summed E-state index contributed by atoms with van der Waals surface area (Å²) in [6.45, 7) is -0.329. The molecule has 0 atom stereocenters. The van der Waals surface area contributed by atoms with Crippen molar-refractivity contribution in [2.45, 2.75) is 0 Å². The molecule has 0 unspecified atom stereocenters. The van der Waals surface area contributed by atoms with Gasteiger partial charge in [0.05, 0.1) is 23.7 Å². The lowest BCUT2D eigenvalue weighted by atomic mass is 10.0. The van der Waals surface area contributed by atoms with Crippen molar-refractivity contribution in [2.24, 2.45) is 0 Å². The number of nitrogens with zero attached hydrogens (tertiary/aromatic N) is 2. The quantitative estimate of drug-likeness (QED) is 0.250. The predicted molar refractivity (Wildman–Crippen MR) is 133 cm³/mol. The number of thiocarbonyl (C=S) groups is 1. The first-order valence-electron chi connectivity index (χ1n) is 10.3. The summed E-state index contributed by atoms with van der Waals surface area (Å²) in [5, 5.41) is 22.1. The van der Waals surface area contributed by atoms with Crippen molar-refractivity contribution >= 4 is 34.8 Å². The van der Waals surface area contributed by atoms with Gasteiger partial charge in [-0.3, -0.25) is 35.9 Å². The smallest absolute Gasteiger partial charge is 0.311 e. The summed E-state index contributed by atoms with van der Waals surface area (Å²) >= 11 is 4.96. The van der Waals surface area contributed by atoms with E-state index in [1.807, 2.05) is 24.3 Å². The molecule has 0 bridgehead atoms. The number of nitriles is 1. The summed E-state index contributed by atoms with van der Waals surface area (Å²) < 4.78 is 10.3. The van der Waals surface area contributed by atoms with E-state index in [4.69, 9.17) is 27.0 Å². The van der Waals surface area contributed by atoms with Crippen LogP contribution in [-0.2, 0) is 4.79 Å². The Morgan fingerprint density at radius 3 is 2.25 bits per heavy atom. The molecule has 0 radical (unpaired) electrons. The standard InChI is InChI=1S/C24H19N5O6S/c1-34-21-11-8-18(12-20(21)29(32)33)23(31)26-24(36)28-27-22(30)14-35-19-9-6-17(7-10-19)16-4-2-15(13-25)3-5-16/h2-12H,14H2,1H3,(H,27,30)(H2,26,28,31,36). The number of amides is 2. The second-order valence-electron chi connectivity index (χ2n) is 7.10. The third-order valence-electron chi connectivity index (χ3n) is 4.75. The molecule has 182 valence electrons. The Morgan fingerprint density at radius 1 is 1.03 bits per heavy atom. The van der Waals surface area contributed by atoms with E-state index < -0.39 is 16.7 Å². The Morgan fingerprint density at radius 2 is 1.67 bits per heavy atom. The fraction of sp³-hybridized carbons (Fsp3) is 0.0833. The number of hydrogen-bond donors (Lipinski definition) is 3. The summed E-state index contributed by atoms with van der Waals surface area (Å²) in [6.07, 6.45) is 0. The monoisotopic (exact) mass is 505 g/mol. The zero-order valence-corrected chi connectivity index (χ0v) is 19.6. The van der Waals surface area contributed by atoms with Gasteiger partial charge in [0.25, 0.3) is 11.8 Å². The molecule has 3 N–H and O–H groups in total. The number of rotatable bonds is 7. The van der Waals surface area contributed by atoms with Crippen molar-refractivity contribution < 1.29 is 24.0 Å². The first-order chi connectivity index (χ1) is 17.3. The highest BCUT2D eigenvalue weighted by atomic mass is 32.1. The third kappa shape index (κ3) is 6.75. The van der Waals surface area contributed by atoms with Gasteiger partial charge in [0.15, 0.2) is 17.5 Å². The molecular formula is C24H19N5O6S. The molecular weight excluding hydrogens is 486 g/mol. The zero-order valence-electron chi connectivity index (χ0n) is 18.8. The average Bonchev–Trinajstić information content (AvgIpc) is 2.90. The molecule has 0 heterocycles. The van der Waals surface area contributed by atoms with E-state index in [-0.39, 0.29) is 28.7 Å². The van der Waals surface area contributed by atoms with Crippen molar-refractivity contribution in [3.63, 3.8) is 0 Å². The zero-order chi connectivity index (χ0) is 26.1. The number of nitro benzene ring substituents is 1. The van der Waals surface area contributed by atoms with Crippen LogP contribution in [-0.4, -0.2) is 35.6 Å². The maximum absolute atomic E-state index is 12.3. The van der Waals surface area contributed by atoms with Crippen LogP contribution in [0.5, 0.6) is 11.5 Å². The molecule has 12 heteroatoms. The number of ether oxygens (including phenoxy) is 2. The van der Waals surface area contributed by atoms with Crippen LogP contribution < -0.4 is 25.6 Å². The van der Waals surface area contributed by atoms with E-state index in [9.17, 15) is 19.7 Å². The Kier molecular flexibility index (Phi) is 8.47. The summed E-state index contributed by atoms with van der Waals surface area (Å²) in [6, 6.07) is 19.9. The Hall–Kier alpha value is -5.02. The Balaban J connectivity index is 1.45. The highest BCUT2D eigenvalue weighted by molar-refractivity contribution is 7.80. The van der Waals surface area contributed by atoms with Gasteiger partial charge in [-0.05, 0) is 59.7 Å². The van der Waals surface area contributed by atoms with Crippen LogP contribution in [0.2, 0.25) is 0 Å². The van der Waals surface area contributed by atoms with Crippen LogP contribution in [0, 0.1) is 21.4 Å². The Bertz CT molecular complexity index is 1340. The second kappa shape index (κ2) is 11.9. The fourth-order valence-corrected chi connectivity index (χ4v) is 3.12. The van der Waals surface area contributed by atoms with E-state index >= 15 is 0 Å². The van der Waals surface area contributed by atoms with Gasteiger partial charge >= 0.3 is 5.69 Å². The van der Waals surface area contributed by atoms with Crippen molar-refractivity contribution in [2.75, 3.05) is 13.7 Å². The lowest BCUT2D eigenvalue weighted by Crippen LogP contribution is -2.49. The average molecular weight is 506 g/mol. The molecule has 0 aliphatic heterocycles. The fourth-order valence-electron chi connectivity index (χ4n) is 2.97. The van der Waals surface area contributed by atoms with Crippen LogP contribution in [0.3, 0.4) is 0 Å². The van der Waals surface area contributed by atoms with Gasteiger partial charge in [0.2, 0.25) is 0 Å². The van der Waals surface area contributed by atoms with Crippen molar-refractivity contribution in [3.05, 3.63) is 88.0 Å². The van der Waals surface area contributed by atoms with Gasteiger partial charge in [0, 0.05) is 11.6 Å². The number of carbonyl (C=O) groups is 2.